The highest BCUT2D eigenvalue weighted by Crippen LogP contribution is 2.34. The van der Waals surface area contributed by atoms with E-state index in [0.29, 0.717) is 23.5 Å². The largest absolute Gasteiger partial charge is 0.483 e. The number of aromatic nitrogens is 1. The summed E-state index contributed by atoms with van der Waals surface area (Å²) in [6, 6.07) is 1.95. The van der Waals surface area contributed by atoms with E-state index >= 15 is 0 Å². The average molecular weight is 507 g/mol. The molecule has 0 atom stereocenters. The molecule has 5 nitrogen and oxygen atoms in total. The Morgan fingerprint density at radius 3 is 2.29 bits per heavy atom. The molecule has 2 aromatic rings. The van der Waals surface area contributed by atoms with Gasteiger partial charge in [-0.1, -0.05) is 34.6 Å². The number of alkyl halides is 6. The number of thiazole rings is 1. The predicted molar refractivity (Wildman–Crippen MR) is 117 cm³/mol. The van der Waals surface area contributed by atoms with Crippen molar-refractivity contribution in [1.82, 2.24) is 4.57 Å². The Balaban J connectivity index is 2.76. The second-order valence-electron chi connectivity index (χ2n) is 8.93. The Hall–Kier alpha value is -2.81. The van der Waals surface area contributed by atoms with Gasteiger partial charge in [0.15, 0.2) is 17.2 Å². The molecule has 0 N–H and O–H groups in total. The Bertz CT molecular complexity index is 1140. The molecule has 186 valence electrons. The molecule has 0 aliphatic rings. The van der Waals surface area contributed by atoms with E-state index in [1.165, 1.54) is 17.5 Å². The van der Waals surface area contributed by atoms with Crippen molar-refractivity contribution in [3.63, 3.8) is 0 Å². The maximum atomic E-state index is 13.3. The molecule has 0 bridgehead atoms. The molecule has 0 radical (unpaired) electrons. The van der Waals surface area contributed by atoms with E-state index in [9.17, 15) is 26.3 Å². The summed E-state index contributed by atoms with van der Waals surface area (Å²) < 4.78 is 84.7. The van der Waals surface area contributed by atoms with Gasteiger partial charge in [-0.2, -0.15) is 41.6 Å². The number of ether oxygens (including phenoxy) is 1. The second kappa shape index (κ2) is 10.2. The quantitative estimate of drug-likeness (QED) is 0.207. The third-order valence-electron chi connectivity index (χ3n) is 4.32. The van der Waals surface area contributed by atoms with E-state index in [1.54, 1.807) is 4.57 Å². The topological polar surface area (TPSA) is 62.7 Å². The molecular weight excluding hydrogens is 482 g/mol. The monoisotopic (exact) mass is 506 g/mol. The number of halogens is 6. The molecule has 2 rings (SSSR count). The van der Waals surface area contributed by atoms with Crippen LogP contribution >= 0.6 is 11.3 Å². The number of nitrogens with zero attached hydrogens (tertiary/aromatic N) is 4. The number of benzene rings is 1. The van der Waals surface area contributed by atoms with Gasteiger partial charge in [0, 0.05) is 17.6 Å². The van der Waals surface area contributed by atoms with Gasteiger partial charge < -0.3 is 9.30 Å². The fourth-order valence-corrected chi connectivity index (χ4v) is 3.85. The first-order valence-corrected chi connectivity index (χ1v) is 11.0. The first-order valence-electron chi connectivity index (χ1n) is 10.1. The van der Waals surface area contributed by atoms with E-state index < -0.39 is 41.7 Å². The minimum Gasteiger partial charge on any atom is -0.483 e. The van der Waals surface area contributed by atoms with Crippen molar-refractivity contribution in [2.45, 2.75) is 58.9 Å². The van der Waals surface area contributed by atoms with E-state index in [0.717, 1.165) is 10.9 Å². The Morgan fingerprint density at radius 2 is 1.79 bits per heavy atom. The number of aliphatic imine (C=N–C) groups is 1. The number of amidine groups is 1. The summed E-state index contributed by atoms with van der Waals surface area (Å²) in [5.74, 6) is -0.811. The van der Waals surface area contributed by atoms with Crippen LogP contribution in [0.1, 0.15) is 50.6 Å². The third kappa shape index (κ3) is 7.62. The molecule has 0 spiro atoms. The minimum atomic E-state index is -4.78. The second-order valence-corrected chi connectivity index (χ2v) is 9.94. The number of hydrogen-bond acceptors (Lipinski definition) is 4. The minimum absolute atomic E-state index is 0.192. The van der Waals surface area contributed by atoms with Crippen molar-refractivity contribution in [1.29, 1.82) is 5.26 Å². The Morgan fingerprint density at radius 1 is 1.15 bits per heavy atom. The lowest BCUT2D eigenvalue weighted by molar-refractivity contribution is -0.153. The van der Waals surface area contributed by atoms with E-state index in [1.807, 2.05) is 40.8 Å². The highest BCUT2D eigenvalue weighted by atomic mass is 32.1. The van der Waals surface area contributed by atoms with Gasteiger partial charge in [0.25, 0.3) is 0 Å². The molecule has 1 heterocycles. The summed E-state index contributed by atoms with van der Waals surface area (Å²) in [5.41, 5.74) is -1.87. The van der Waals surface area contributed by atoms with Gasteiger partial charge in [-0.05, 0) is 29.5 Å². The molecule has 12 heteroatoms. The number of nitriles is 1. The van der Waals surface area contributed by atoms with Crippen molar-refractivity contribution in [2.75, 3.05) is 6.61 Å². The fourth-order valence-electron chi connectivity index (χ4n) is 2.79. The molecule has 0 fully saturated rings. The van der Waals surface area contributed by atoms with Crippen LogP contribution in [0.4, 0.5) is 26.3 Å². The van der Waals surface area contributed by atoms with Crippen molar-refractivity contribution in [2.24, 2.45) is 15.9 Å². The molecule has 0 saturated carbocycles. The van der Waals surface area contributed by atoms with Gasteiger partial charge in [-0.25, -0.2) is 0 Å². The molecule has 0 amide bonds. The Labute approximate surface area is 197 Å². The lowest BCUT2D eigenvalue weighted by Gasteiger charge is -2.15. The van der Waals surface area contributed by atoms with Gasteiger partial charge in [-0.3, -0.25) is 0 Å². The molecule has 1 aromatic carbocycles. The van der Waals surface area contributed by atoms with Crippen LogP contribution < -0.4 is 9.54 Å². The molecule has 0 aliphatic heterocycles. The average Bonchev–Trinajstić information content (AvgIpc) is 3.06. The molecular formula is C22H24F6N4OS. The maximum Gasteiger partial charge on any atom is 0.422 e. The third-order valence-corrected chi connectivity index (χ3v) is 5.76. The van der Waals surface area contributed by atoms with Crippen molar-refractivity contribution >= 4 is 17.2 Å². The molecule has 0 unspecified atom stereocenters. The first-order chi connectivity index (χ1) is 15.5. The van der Waals surface area contributed by atoms with Crippen LogP contribution in [0.15, 0.2) is 34.4 Å². The van der Waals surface area contributed by atoms with Crippen molar-refractivity contribution in [3.8, 4) is 11.9 Å². The molecule has 34 heavy (non-hydrogen) atoms. The molecule has 0 aliphatic carbocycles. The van der Waals surface area contributed by atoms with E-state index in [-0.39, 0.29) is 11.3 Å². The SMILES string of the molecule is CC(C)Cn1cc(C(C)(C)C)s/c1=N\C(=NC#N)c1cc(C(F)(F)F)ccc1OCC(F)(F)F. The summed E-state index contributed by atoms with van der Waals surface area (Å²) >= 11 is 1.25. The van der Waals surface area contributed by atoms with Crippen LogP contribution in [0.3, 0.4) is 0 Å². The highest BCUT2D eigenvalue weighted by Gasteiger charge is 2.33. The van der Waals surface area contributed by atoms with Crippen LogP contribution in [0.5, 0.6) is 5.75 Å². The van der Waals surface area contributed by atoms with E-state index in [2.05, 4.69) is 9.98 Å². The maximum absolute atomic E-state index is 13.3. The molecule has 1 aromatic heterocycles. The summed E-state index contributed by atoms with van der Waals surface area (Å²) in [5, 5.41) is 9.16. The lowest BCUT2D eigenvalue weighted by Crippen LogP contribution is -2.22. The molecule has 0 saturated heterocycles. The standard InChI is InChI=1S/C22H24F6N4OS/c1-13(2)9-32-10-17(20(3,4)5)34-19(32)31-18(30-12-29)15-8-14(22(26,27)28)6-7-16(15)33-11-21(23,24)25/h6-8,10,13H,9,11H2,1-5H3/b30-18?,31-19-. The van der Waals surface area contributed by atoms with Gasteiger partial charge in [0.2, 0.25) is 6.19 Å². The zero-order chi connectivity index (χ0) is 25.9. The smallest absolute Gasteiger partial charge is 0.422 e. The normalized spacial score (nSPS) is 14.0. The van der Waals surface area contributed by atoms with Gasteiger partial charge in [0.1, 0.15) is 5.75 Å². The van der Waals surface area contributed by atoms with E-state index in [4.69, 9.17) is 10.00 Å². The summed E-state index contributed by atoms with van der Waals surface area (Å²) in [6.45, 7) is 8.64. The number of rotatable bonds is 5. The predicted octanol–water partition coefficient (Wildman–Crippen LogP) is 6.29. The van der Waals surface area contributed by atoms with Gasteiger partial charge >= 0.3 is 12.4 Å². The van der Waals surface area contributed by atoms with Crippen LogP contribution in [0, 0.1) is 17.4 Å². The zero-order valence-corrected chi connectivity index (χ0v) is 20.0. The van der Waals surface area contributed by atoms with Gasteiger partial charge in [0.05, 0.1) is 11.1 Å². The number of hydrogen-bond donors (Lipinski definition) is 0. The van der Waals surface area contributed by atoms with Crippen LogP contribution in [0.2, 0.25) is 0 Å². The van der Waals surface area contributed by atoms with Crippen LogP contribution in [-0.4, -0.2) is 23.2 Å². The summed E-state index contributed by atoms with van der Waals surface area (Å²) in [7, 11) is 0. The highest BCUT2D eigenvalue weighted by molar-refractivity contribution is 7.09. The van der Waals surface area contributed by atoms with Crippen molar-refractivity contribution < 1.29 is 31.1 Å². The lowest BCUT2D eigenvalue weighted by atomic mass is 9.95. The summed E-state index contributed by atoms with van der Waals surface area (Å²) in [6.07, 6.45) is -6.17. The van der Waals surface area contributed by atoms with Crippen LogP contribution in [0.25, 0.3) is 0 Å². The summed E-state index contributed by atoms with van der Waals surface area (Å²) in [4.78, 5) is 9.10. The fraction of sp³-hybridized carbons (Fsp3) is 0.500. The first kappa shape index (κ1) is 27.4. The van der Waals surface area contributed by atoms with Crippen LogP contribution in [-0.2, 0) is 18.1 Å². The van der Waals surface area contributed by atoms with Gasteiger partial charge in [-0.15, -0.1) is 11.3 Å². The van der Waals surface area contributed by atoms with Crippen molar-refractivity contribution in [3.05, 3.63) is 45.2 Å². The Kier molecular flexibility index (Phi) is 8.24. The zero-order valence-electron chi connectivity index (χ0n) is 19.2.